The average molecular weight is 347 g/mol. The van der Waals surface area contributed by atoms with Crippen LogP contribution < -0.4 is 11.1 Å². The second-order valence-electron chi connectivity index (χ2n) is 5.00. The molecule has 0 heterocycles. The lowest BCUT2D eigenvalue weighted by atomic mass is 10.0. The maximum Gasteiger partial charge on any atom is 0.0480 e. The molecule has 1 aromatic carbocycles. The first-order valence-electron chi connectivity index (χ1n) is 5.86. The molecule has 0 aliphatic carbocycles. The highest BCUT2D eigenvalue weighted by Gasteiger charge is 2.15. The molecule has 17 heavy (non-hydrogen) atoms. The summed E-state index contributed by atoms with van der Waals surface area (Å²) in [6, 6.07) is 6.44. The highest BCUT2D eigenvalue weighted by molar-refractivity contribution is 14.1. The van der Waals surface area contributed by atoms with Gasteiger partial charge in [0.1, 0.15) is 0 Å². The van der Waals surface area contributed by atoms with Crippen LogP contribution in [0.15, 0.2) is 18.2 Å². The van der Waals surface area contributed by atoms with Gasteiger partial charge in [0, 0.05) is 27.5 Å². The minimum Gasteiger partial charge on any atom is -0.399 e. The van der Waals surface area contributed by atoms with Crippen LogP contribution in [-0.2, 0) is 0 Å². The van der Waals surface area contributed by atoms with Gasteiger partial charge in [0.25, 0.3) is 0 Å². The Morgan fingerprint density at radius 3 is 2.47 bits per heavy atom. The second-order valence-corrected chi connectivity index (χ2v) is 6.16. The summed E-state index contributed by atoms with van der Waals surface area (Å²) in [4.78, 5) is 2.21. The van der Waals surface area contributed by atoms with Gasteiger partial charge >= 0.3 is 0 Å². The number of benzene rings is 1. The van der Waals surface area contributed by atoms with E-state index in [4.69, 9.17) is 5.73 Å². The van der Waals surface area contributed by atoms with Gasteiger partial charge in [-0.05, 0) is 60.8 Å². The fourth-order valence-electron chi connectivity index (χ4n) is 1.66. The van der Waals surface area contributed by atoms with E-state index in [2.05, 4.69) is 66.8 Å². The number of nitrogen functional groups attached to an aromatic ring is 1. The van der Waals surface area contributed by atoms with E-state index in [-0.39, 0.29) is 0 Å². The molecule has 0 fully saturated rings. The maximum absolute atomic E-state index is 5.76. The maximum atomic E-state index is 5.76. The molecule has 1 aromatic rings. The molecule has 0 amide bonds. The molecule has 0 saturated heterocycles. The Kier molecular flexibility index (Phi) is 5.52. The molecule has 0 radical (unpaired) electrons. The molecule has 0 saturated carbocycles. The predicted molar refractivity (Wildman–Crippen MR) is 84.4 cm³/mol. The molecule has 3 N–H and O–H groups in total. The number of nitrogens with zero attached hydrogens (tertiary/aromatic N) is 1. The van der Waals surface area contributed by atoms with Crippen LogP contribution in [0.2, 0.25) is 0 Å². The van der Waals surface area contributed by atoms with Crippen molar-refractivity contribution in [1.82, 2.24) is 4.90 Å². The van der Waals surface area contributed by atoms with Crippen molar-refractivity contribution in [3.63, 3.8) is 0 Å². The summed E-state index contributed by atoms with van der Waals surface area (Å²) >= 11 is 2.32. The summed E-state index contributed by atoms with van der Waals surface area (Å²) in [5.74, 6) is 0.589. The van der Waals surface area contributed by atoms with Crippen molar-refractivity contribution in [1.29, 1.82) is 0 Å². The number of nitrogens with one attached hydrogen (secondary N) is 1. The van der Waals surface area contributed by atoms with Crippen molar-refractivity contribution >= 4 is 34.0 Å². The van der Waals surface area contributed by atoms with Crippen LogP contribution in [0.1, 0.15) is 13.8 Å². The largest absolute Gasteiger partial charge is 0.399 e. The summed E-state index contributed by atoms with van der Waals surface area (Å²) in [6.45, 7) is 5.51. The lowest BCUT2D eigenvalue weighted by Crippen LogP contribution is -2.36. The zero-order chi connectivity index (χ0) is 13.0. The summed E-state index contributed by atoms with van der Waals surface area (Å²) in [7, 11) is 4.20. The molecule has 1 atom stereocenters. The van der Waals surface area contributed by atoms with E-state index in [1.54, 1.807) is 0 Å². The quantitative estimate of drug-likeness (QED) is 0.636. The molecular formula is C13H22IN3. The molecule has 0 aliphatic heterocycles. The number of halogens is 1. The van der Waals surface area contributed by atoms with Crippen LogP contribution in [0.5, 0.6) is 0 Å². The van der Waals surface area contributed by atoms with Crippen LogP contribution in [0, 0.1) is 9.49 Å². The number of likely N-dealkylation sites (N-methyl/N-ethyl adjacent to an activating group) is 1. The van der Waals surface area contributed by atoms with Gasteiger partial charge in [-0.25, -0.2) is 0 Å². The fourth-order valence-corrected chi connectivity index (χ4v) is 2.36. The van der Waals surface area contributed by atoms with Gasteiger partial charge in [-0.1, -0.05) is 13.8 Å². The third-order valence-corrected chi connectivity index (χ3v) is 3.59. The monoisotopic (exact) mass is 347 g/mol. The summed E-state index contributed by atoms with van der Waals surface area (Å²) in [5, 5.41) is 3.60. The lowest BCUT2D eigenvalue weighted by Gasteiger charge is -2.27. The third kappa shape index (κ3) is 4.71. The number of anilines is 2. The Morgan fingerprint density at radius 1 is 1.35 bits per heavy atom. The van der Waals surface area contributed by atoms with Gasteiger partial charge in [0.15, 0.2) is 0 Å². The van der Waals surface area contributed by atoms with E-state index in [0.717, 1.165) is 12.2 Å². The minimum atomic E-state index is 0.446. The first kappa shape index (κ1) is 14.6. The molecule has 96 valence electrons. The van der Waals surface area contributed by atoms with Crippen molar-refractivity contribution in [2.75, 3.05) is 31.7 Å². The van der Waals surface area contributed by atoms with E-state index in [9.17, 15) is 0 Å². The van der Waals surface area contributed by atoms with Crippen molar-refractivity contribution in [2.24, 2.45) is 5.92 Å². The Bertz CT molecular complexity index is 364. The molecule has 0 spiro atoms. The highest BCUT2D eigenvalue weighted by Crippen LogP contribution is 2.22. The van der Waals surface area contributed by atoms with E-state index < -0.39 is 0 Å². The Morgan fingerprint density at radius 2 is 2.00 bits per heavy atom. The Hall–Kier alpha value is -0.490. The van der Waals surface area contributed by atoms with Crippen molar-refractivity contribution in [3.8, 4) is 0 Å². The molecule has 4 heteroatoms. The average Bonchev–Trinajstić information content (AvgIpc) is 2.19. The predicted octanol–water partition coefficient (Wildman–Crippen LogP) is 2.87. The van der Waals surface area contributed by atoms with Gasteiger partial charge in [0.2, 0.25) is 0 Å². The number of nitrogens with two attached hydrogens (primary N) is 1. The van der Waals surface area contributed by atoms with Crippen molar-refractivity contribution in [2.45, 2.75) is 19.9 Å². The van der Waals surface area contributed by atoms with Gasteiger partial charge in [-0.3, -0.25) is 0 Å². The molecular weight excluding hydrogens is 325 g/mol. The summed E-state index contributed by atoms with van der Waals surface area (Å²) in [5.41, 5.74) is 7.74. The SMILES string of the molecule is CC(C)C(CN(C)C)Nc1ccc(N)cc1I. The molecule has 3 nitrogen and oxygen atoms in total. The highest BCUT2D eigenvalue weighted by atomic mass is 127. The number of hydrogen-bond donors (Lipinski definition) is 2. The van der Waals surface area contributed by atoms with Crippen molar-refractivity contribution < 1.29 is 0 Å². The van der Waals surface area contributed by atoms with Crippen LogP contribution in [0.3, 0.4) is 0 Å². The number of rotatable bonds is 5. The van der Waals surface area contributed by atoms with E-state index in [0.29, 0.717) is 12.0 Å². The smallest absolute Gasteiger partial charge is 0.0480 e. The summed E-state index contributed by atoms with van der Waals surface area (Å²) < 4.78 is 1.17. The third-order valence-electron chi connectivity index (χ3n) is 2.70. The lowest BCUT2D eigenvalue weighted by molar-refractivity contribution is 0.344. The van der Waals surface area contributed by atoms with Crippen LogP contribution in [-0.4, -0.2) is 31.6 Å². The topological polar surface area (TPSA) is 41.3 Å². The normalized spacial score (nSPS) is 13.1. The van der Waals surface area contributed by atoms with Crippen LogP contribution in [0.4, 0.5) is 11.4 Å². The first-order chi connectivity index (χ1) is 7.90. The minimum absolute atomic E-state index is 0.446. The standard InChI is InChI=1S/C13H22IN3/c1-9(2)13(8-17(3)4)16-12-6-5-10(15)7-11(12)14/h5-7,9,13,16H,8,15H2,1-4H3. The van der Waals surface area contributed by atoms with Gasteiger partial charge in [-0.2, -0.15) is 0 Å². The van der Waals surface area contributed by atoms with Gasteiger partial charge in [-0.15, -0.1) is 0 Å². The van der Waals surface area contributed by atoms with Gasteiger partial charge < -0.3 is 16.0 Å². The van der Waals surface area contributed by atoms with E-state index >= 15 is 0 Å². The molecule has 0 bridgehead atoms. The molecule has 1 rings (SSSR count). The molecule has 0 aliphatic rings. The second kappa shape index (κ2) is 6.44. The molecule has 1 unspecified atom stereocenters. The number of hydrogen-bond acceptors (Lipinski definition) is 3. The zero-order valence-electron chi connectivity index (χ0n) is 11.0. The van der Waals surface area contributed by atoms with Crippen LogP contribution in [0.25, 0.3) is 0 Å². The van der Waals surface area contributed by atoms with Crippen LogP contribution >= 0.6 is 22.6 Å². The first-order valence-corrected chi connectivity index (χ1v) is 6.94. The van der Waals surface area contributed by atoms with E-state index in [1.165, 1.54) is 9.26 Å². The van der Waals surface area contributed by atoms with Crippen molar-refractivity contribution in [3.05, 3.63) is 21.8 Å². The van der Waals surface area contributed by atoms with Gasteiger partial charge in [0.05, 0.1) is 0 Å². The Labute approximate surface area is 118 Å². The Balaban J connectivity index is 2.78. The summed E-state index contributed by atoms with van der Waals surface area (Å²) in [6.07, 6.45) is 0. The molecule has 0 aromatic heterocycles. The van der Waals surface area contributed by atoms with E-state index in [1.807, 2.05) is 12.1 Å². The zero-order valence-corrected chi connectivity index (χ0v) is 13.2. The fraction of sp³-hybridized carbons (Fsp3) is 0.538.